The molecule has 0 bridgehead atoms. The molecular weight excluding hydrogens is 260 g/mol. The van der Waals surface area contributed by atoms with E-state index in [1.54, 1.807) is 24.3 Å². The number of amides is 1. The summed E-state index contributed by atoms with van der Waals surface area (Å²) in [4.78, 5) is 22.6. The molecule has 0 aliphatic rings. The molecule has 1 rings (SSSR count). The molecule has 1 amide bonds. The van der Waals surface area contributed by atoms with E-state index in [4.69, 9.17) is 15.6 Å². The van der Waals surface area contributed by atoms with Gasteiger partial charge in [0, 0.05) is 20.2 Å². The number of carbonyl (C=O) groups is 2. The molecule has 0 fully saturated rings. The van der Waals surface area contributed by atoms with Crippen LogP contribution in [0.5, 0.6) is 0 Å². The molecule has 0 radical (unpaired) electrons. The fraction of sp³-hybridized carbons (Fsp3) is 0.429. The van der Waals surface area contributed by atoms with E-state index < -0.39 is 5.97 Å². The second kappa shape index (κ2) is 8.29. The Kier molecular flexibility index (Phi) is 6.69. The lowest BCUT2D eigenvalue weighted by molar-refractivity contribution is -0.123. The van der Waals surface area contributed by atoms with Gasteiger partial charge in [-0.3, -0.25) is 4.79 Å². The second-order valence-corrected chi connectivity index (χ2v) is 4.36. The van der Waals surface area contributed by atoms with Gasteiger partial charge >= 0.3 is 5.97 Å². The quantitative estimate of drug-likeness (QED) is 0.640. The van der Waals surface area contributed by atoms with E-state index >= 15 is 0 Å². The zero-order chi connectivity index (χ0) is 15.0. The van der Waals surface area contributed by atoms with Gasteiger partial charge in [-0.1, -0.05) is 18.2 Å². The van der Waals surface area contributed by atoms with E-state index in [1.807, 2.05) is 0 Å². The van der Waals surface area contributed by atoms with Gasteiger partial charge in [-0.25, -0.2) is 4.79 Å². The molecule has 1 aromatic carbocycles. The van der Waals surface area contributed by atoms with Gasteiger partial charge in [-0.15, -0.1) is 0 Å². The standard InChI is InChI=1S/C14H20N2O4/c1-20-11(9-15)8-13(17)16-7-6-10-4-2-3-5-12(10)14(18)19/h2-5,11H,6-9,15H2,1H3,(H,16,17)(H,18,19). The van der Waals surface area contributed by atoms with E-state index in [9.17, 15) is 9.59 Å². The molecule has 0 spiro atoms. The Bertz CT molecular complexity index is 458. The van der Waals surface area contributed by atoms with Crippen molar-refractivity contribution in [3.05, 3.63) is 35.4 Å². The Morgan fingerprint density at radius 1 is 1.40 bits per heavy atom. The van der Waals surface area contributed by atoms with Crippen LogP contribution in [-0.2, 0) is 16.0 Å². The van der Waals surface area contributed by atoms with Crippen molar-refractivity contribution in [2.45, 2.75) is 18.9 Å². The van der Waals surface area contributed by atoms with Crippen molar-refractivity contribution in [1.29, 1.82) is 0 Å². The summed E-state index contributed by atoms with van der Waals surface area (Å²) in [5.74, 6) is -1.12. The molecule has 110 valence electrons. The van der Waals surface area contributed by atoms with Crippen LogP contribution in [-0.4, -0.2) is 43.3 Å². The number of hydrogen-bond acceptors (Lipinski definition) is 4. The Labute approximate surface area is 117 Å². The minimum Gasteiger partial charge on any atom is -0.478 e. The number of carboxylic acids is 1. The summed E-state index contributed by atoms with van der Waals surface area (Å²) in [5.41, 5.74) is 6.39. The van der Waals surface area contributed by atoms with Crippen LogP contribution in [0.4, 0.5) is 0 Å². The number of nitrogens with one attached hydrogen (secondary N) is 1. The van der Waals surface area contributed by atoms with Crippen LogP contribution in [0.15, 0.2) is 24.3 Å². The van der Waals surface area contributed by atoms with Gasteiger partial charge < -0.3 is 20.9 Å². The summed E-state index contributed by atoms with van der Waals surface area (Å²) in [7, 11) is 1.51. The monoisotopic (exact) mass is 280 g/mol. The van der Waals surface area contributed by atoms with Gasteiger partial charge in [0.05, 0.1) is 18.1 Å². The summed E-state index contributed by atoms with van der Waals surface area (Å²) < 4.78 is 5.02. The highest BCUT2D eigenvalue weighted by atomic mass is 16.5. The average molecular weight is 280 g/mol. The molecular formula is C14H20N2O4. The number of rotatable bonds is 8. The van der Waals surface area contributed by atoms with E-state index in [2.05, 4.69) is 5.32 Å². The van der Waals surface area contributed by atoms with Crippen molar-refractivity contribution in [2.24, 2.45) is 5.73 Å². The number of methoxy groups -OCH3 is 1. The summed E-state index contributed by atoms with van der Waals surface area (Å²) in [6.07, 6.45) is 0.378. The first kappa shape index (κ1) is 16.1. The molecule has 0 aliphatic heterocycles. The van der Waals surface area contributed by atoms with Crippen LogP contribution in [0.2, 0.25) is 0 Å². The van der Waals surface area contributed by atoms with Crippen LogP contribution in [0.1, 0.15) is 22.3 Å². The lowest BCUT2D eigenvalue weighted by Crippen LogP contribution is -2.33. The third kappa shape index (κ3) is 4.99. The van der Waals surface area contributed by atoms with Crippen molar-refractivity contribution >= 4 is 11.9 Å². The highest BCUT2D eigenvalue weighted by Crippen LogP contribution is 2.09. The lowest BCUT2D eigenvalue weighted by Gasteiger charge is -2.13. The first-order valence-corrected chi connectivity index (χ1v) is 6.39. The van der Waals surface area contributed by atoms with Crippen molar-refractivity contribution < 1.29 is 19.4 Å². The van der Waals surface area contributed by atoms with Gasteiger partial charge in [0.25, 0.3) is 0 Å². The molecule has 20 heavy (non-hydrogen) atoms. The van der Waals surface area contributed by atoms with Crippen LogP contribution < -0.4 is 11.1 Å². The molecule has 0 aliphatic carbocycles. The number of ether oxygens (including phenoxy) is 1. The van der Waals surface area contributed by atoms with Gasteiger partial charge in [-0.2, -0.15) is 0 Å². The molecule has 1 aromatic rings. The smallest absolute Gasteiger partial charge is 0.335 e. The molecule has 0 saturated carbocycles. The van der Waals surface area contributed by atoms with Crippen molar-refractivity contribution in [3.8, 4) is 0 Å². The average Bonchev–Trinajstić information content (AvgIpc) is 2.45. The molecule has 6 nitrogen and oxygen atoms in total. The molecule has 6 heteroatoms. The molecule has 1 atom stereocenters. The number of nitrogens with two attached hydrogens (primary N) is 1. The molecule has 1 unspecified atom stereocenters. The van der Waals surface area contributed by atoms with Crippen molar-refractivity contribution in [2.75, 3.05) is 20.2 Å². The van der Waals surface area contributed by atoms with Crippen LogP contribution in [0.3, 0.4) is 0 Å². The largest absolute Gasteiger partial charge is 0.478 e. The maximum Gasteiger partial charge on any atom is 0.335 e. The number of benzene rings is 1. The van der Waals surface area contributed by atoms with Crippen LogP contribution in [0, 0.1) is 0 Å². The minimum absolute atomic E-state index is 0.157. The minimum atomic E-state index is -0.963. The number of carbonyl (C=O) groups excluding carboxylic acids is 1. The highest BCUT2D eigenvalue weighted by molar-refractivity contribution is 5.89. The summed E-state index contributed by atoms with van der Waals surface area (Å²) in [5, 5.41) is 11.8. The van der Waals surface area contributed by atoms with Gasteiger partial charge in [0.15, 0.2) is 0 Å². The normalized spacial score (nSPS) is 11.9. The van der Waals surface area contributed by atoms with Gasteiger partial charge in [0.1, 0.15) is 0 Å². The fourth-order valence-corrected chi connectivity index (χ4v) is 1.83. The third-order valence-corrected chi connectivity index (χ3v) is 2.97. The predicted octanol–water partition coefficient (Wildman–Crippen LogP) is 0.407. The third-order valence-electron chi connectivity index (χ3n) is 2.97. The molecule has 4 N–H and O–H groups in total. The van der Waals surface area contributed by atoms with E-state index in [1.165, 1.54) is 7.11 Å². The van der Waals surface area contributed by atoms with Gasteiger partial charge in [0.2, 0.25) is 5.91 Å². The SMILES string of the molecule is COC(CN)CC(=O)NCCc1ccccc1C(=O)O. The summed E-state index contributed by atoms with van der Waals surface area (Å²) in [6, 6.07) is 6.75. The van der Waals surface area contributed by atoms with E-state index in [0.29, 0.717) is 18.5 Å². The Balaban J connectivity index is 2.45. The molecule has 0 saturated heterocycles. The Hall–Kier alpha value is -1.92. The second-order valence-electron chi connectivity index (χ2n) is 4.36. The van der Waals surface area contributed by atoms with E-state index in [0.717, 1.165) is 0 Å². The first-order valence-electron chi connectivity index (χ1n) is 6.39. The number of hydrogen-bond donors (Lipinski definition) is 3. The summed E-state index contributed by atoms with van der Waals surface area (Å²) in [6.45, 7) is 0.663. The Morgan fingerprint density at radius 3 is 2.70 bits per heavy atom. The van der Waals surface area contributed by atoms with Crippen molar-refractivity contribution in [1.82, 2.24) is 5.32 Å². The zero-order valence-corrected chi connectivity index (χ0v) is 11.5. The van der Waals surface area contributed by atoms with E-state index in [-0.39, 0.29) is 30.5 Å². The number of carboxylic acid groups (broad SMARTS) is 1. The maximum atomic E-state index is 11.6. The fourth-order valence-electron chi connectivity index (χ4n) is 1.83. The predicted molar refractivity (Wildman–Crippen MR) is 74.6 cm³/mol. The van der Waals surface area contributed by atoms with Crippen LogP contribution in [0.25, 0.3) is 0 Å². The first-order chi connectivity index (χ1) is 9.58. The molecule has 0 aromatic heterocycles. The lowest BCUT2D eigenvalue weighted by atomic mass is 10.0. The number of aromatic carboxylic acids is 1. The molecule has 0 heterocycles. The topological polar surface area (TPSA) is 102 Å². The zero-order valence-electron chi connectivity index (χ0n) is 11.5. The van der Waals surface area contributed by atoms with Crippen molar-refractivity contribution in [3.63, 3.8) is 0 Å². The summed E-state index contributed by atoms with van der Waals surface area (Å²) >= 11 is 0. The maximum absolute atomic E-state index is 11.6. The Morgan fingerprint density at radius 2 is 2.10 bits per heavy atom. The highest BCUT2D eigenvalue weighted by Gasteiger charge is 2.12. The van der Waals surface area contributed by atoms with Crippen LogP contribution >= 0.6 is 0 Å². The van der Waals surface area contributed by atoms with Gasteiger partial charge in [-0.05, 0) is 18.1 Å².